The van der Waals surface area contributed by atoms with Crippen molar-refractivity contribution in [1.82, 2.24) is 5.32 Å². The Labute approximate surface area is 162 Å². The van der Waals surface area contributed by atoms with Gasteiger partial charge in [0.2, 0.25) is 0 Å². The number of methoxy groups -OCH3 is 1. The fourth-order valence-electron chi connectivity index (χ4n) is 3.00. The summed E-state index contributed by atoms with van der Waals surface area (Å²) in [5.41, 5.74) is 0.975. The lowest BCUT2D eigenvalue weighted by molar-refractivity contribution is -0.124. The molecule has 0 bridgehead atoms. The van der Waals surface area contributed by atoms with Gasteiger partial charge >= 0.3 is 5.97 Å². The van der Waals surface area contributed by atoms with Crippen molar-refractivity contribution < 1.29 is 23.5 Å². The topological polar surface area (TPSA) is 64.6 Å². The van der Waals surface area contributed by atoms with Gasteiger partial charge in [0.25, 0.3) is 5.91 Å². The highest BCUT2D eigenvalue weighted by atomic mass is 19.1. The van der Waals surface area contributed by atoms with Crippen molar-refractivity contribution in [3.63, 3.8) is 0 Å². The van der Waals surface area contributed by atoms with Gasteiger partial charge in [0, 0.05) is 0 Å². The van der Waals surface area contributed by atoms with Crippen LogP contribution in [-0.2, 0) is 9.53 Å². The van der Waals surface area contributed by atoms with Crippen LogP contribution in [0, 0.1) is 5.82 Å². The van der Waals surface area contributed by atoms with E-state index in [2.05, 4.69) is 5.32 Å². The lowest BCUT2D eigenvalue weighted by Crippen LogP contribution is -2.31. The summed E-state index contributed by atoms with van der Waals surface area (Å²) in [6, 6.07) is 17.2. The molecule has 5 nitrogen and oxygen atoms in total. The van der Waals surface area contributed by atoms with Crippen LogP contribution >= 0.6 is 0 Å². The van der Waals surface area contributed by atoms with Gasteiger partial charge in [0.05, 0.1) is 18.7 Å². The summed E-state index contributed by atoms with van der Waals surface area (Å²) in [6.45, 7) is 1.40. The predicted molar refractivity (Wildman–Crippen MR) is 104 cm³/mol. The molecule has 0 saturated carbocycles. The van der Waals surface area contributed by atoms with Gasteiger partial charge < -0.3 is 14.8 Å². The third-order valence-corrected chi connectivity index (χ3v) is 4.39. The van der Waals surface area contributed by atoms with Gasteiger partial charge in [-0.1, -0.05) is 42.5 Å². The number of amides is 1. The van der Waals surface area contributed by atoms with Gasteiger partial charge in [-0.3, -0.25) is 4.79 Å². The Hall–Kier alpha value is -3.41. The molecule has 0 radical (unpaired) electrons. The number of nitrogens with one attached hydrogen (secondary N) is 1. The molecule has 3 aromatic carbocycles. The van der Waals surface area contributed by atoms with E-state index < -0.39 is 24.3 Å². The SMILES string of the molecule is COc1ccc(C(=O)OCC(=O)N[C@@H](C)c2cccc3ccccc23)cc1F. The molecular formula is C22H20FNO4. The lowest BCUT2D eigenvalue weighted by atomic mass is 10.00. The second kappa shape index (κ2) is 8.52. The van der Waals surface area contributed by atoms with E-state index in [-0.39, 0.29) is 17.4 Å². The van der Waals surface area contributed by atoms with Crippen LogP contribution in [0.25, 0.3) is 10.8 Å². The second-order valence-corrected chi connectivity index (χ2v) is 6.28. The van der Waals surface area contributed by atoms with Crippen molar-refractivity contribution >= 4 is 22.6 Å². The third kappa shape index (κ3) is 4.28. The number of carbonyl (C=O) groups excluding carboxylic acids is 2. The van der Waals surface area contributed by atoms with Gasteiger partial charge in [-0.25, -0.2) is 9.18 Å². The third-order valence-electron chi connectivity index (χ3n) is 4.39. The molecule has 0 unspecified atom stereocenters. The Bertz CT molecular complexity index is 1010. The molecule has 0 aliphatic rings. The Kier molecular flexibility index (Phi) is 5.89. The van der Waals surface area contributed by atoms with E-state index in [0.717, 1.165) is 22.4 Å². The van der Waals surface area contributed by atoms with Crippen LogP contribution in [0.3, 0.4) is 0 Å². The minimum Gasteiger partial charge on any atom is -0.494 e. The first kappa shape index (κ1) is 19.4. The zero-order chi connectivity index (χ0) is 20.1. The molecule has 0 aliphatic carbocycles. The number of esters is 1. The van der Waals surface area contributed by atoms with E-state index in [9.17, 15) is 14.0 Å². The van der Waals surface area contributed by atoms with E-state index in [1.54, 1.807) is 0 Å². The zero-order valence-electron chi connectivity index (χ0n) is 15.6. The van der Waals surface area contributed by atoms with E-state index >= 15 is 0 Å². The number of halogens is 1. The average Bonchev–Trinajstić information content (AvgIpc) is 2.71. The summed E-state index contributed by atoms with van der Waals surface area (Å²) in [6.07, 6.45) is 0. The Morgan fingerprint density at radius 2 is 1.82 bits per heavy atom. The summed E-state index contributed by atoms with van der Waals surface area (Å²) in [5, 5.41) is 4.94. The van der Waals surface area contributed by atoms with Crippen LogP contribution < -0.4 is 10.1 Å². The molecule has 0 aromatic heterocycles. The van der Waals surface area contributed by atoms with Gasteiger partial charge in [0.1, 0.15) is 0 Å². The predicted octanol–water partition coefficient (Wildman–Crippen LogP) is 4.02. The number of benzene rings is 3. The Balaban J connectivity index is 1.60. The van der Waals surface area contributed by atoms with Gasteiger partial charge in [-0.05, 0) is 41.5 Å². The standard InChI is InChI=1S/C22H20FNO4/c1-14(17-9-5-7-15-6-3-4-8-18(15)17)24-21(25)13-28-22(26)16-10-11-20(27-2)19(23)12-16/h3-12,14H,13H2,1-2H3,(H,24,25)/t14-/m0/s1. The van der Waals surface area contributed by atoms with Crippen molar-refractivity contribution in [2.75, 3.05) is 13.7 Å². The maximum atomic E-state index is 13.7. The summed E-state index contributed by atoms with van der Waals surface area (Å²) in [4.78, 5) is 24.2. The van der Waals surface area contributed by atoms with Gasteiger partial charge in [-0.2, -0.15) is 0 Å². The van der Waals surface area contributed by atoms with Crippen LogP contribution in [-0.4, -0.2) is 25.6 Å². The van der Waals surface area contributed by atoms with Gasteiger partial charge in [0.15, 0.2) is 18.2 Å². The number of fused-ring (bicyclic) bond motifs is 1. The molecule has 3 rings (SSSR count). The van der Waals surface area contributed by atoms with E-state index in [1.165, 1.54) is 19.2 Å². The average molecular weight is 381 g/mol. The number of rotatable bonds is 6. The minimum absolute atomic E-state index is 0.00759. The number of ether oxygens (including phenoxy) is 2. The van der Waals surface area contributed by atoms with Crippen molar-refractivity contribution in [2.24, 2.45) is 0 Å². The Morgan fingerprint density at radius 3 is 2.57 bits per heavy atom. The molecule has 28 heavy (non-hydrogen) atoms. The maximum absolute atomic E-state index is 13.7. The largest absolute Gasteiger partial charge is 0.494 e. The smallest absolute Gasteiger partial charge is 0.338 e. The molecule has 3 aromatic rings. The fraction of sp³-hybridized carbons (Fsp3) is 0.182. The van der Waals surface area contributed by atoms with Crippen molar-refractivity contribution in [2.45, 2.75) is 13.0 Å². The first-order chi connectivity index (χ1) is 13.5. The molecular weight excluding hydrogens is 361 g/mol. The highest BCUT2D eigenvalue weighted by Crippen LogP contribution is 2.24. The number of carbonyl (C=O) groups is 2. The summed E-state index contributed by atoms with van der Waals surface area (Å²) in [7, 11) is 1.33. The lowest BCUT2D eigenvalue weighted by Gasteiger charge is -2.16. The van der Waals surface area contributed by atoms with Crippen molar-refractivity contribution in [1.29, 1.82) is 0 Å². The fourth-order valence-corrected chi connectivity index (χ4v) is 3.00. The molecule has 0 fully saturated rings. The monoisotopic (exact) mass is 381 g/mol. The van der Waals surface area contributed by atoms with Crippen molar-refractivity contribution in [3.8, 4) is 5.75 Å². The maximum Gasteiger partial charge on any atom is 0.338 e. The Morgan fingerprint density at radius 1 is 1.07 bits per heavy atom. The highest BCUT2D eigenvalue weighted by molar-refractivity contribution is 5.92. The first-order valence-electron chi connectivity index (χ1n) is 8.77. The molecule has 1 atom stereocenters. The quantitative estimate of drug-likeness (QED) is 0.655. The van der Waals surface area contributed by atoms with E-state index in [4.69, 9.17) is 9.47 Å². The summed E-state index contributed by atoms with van der Waals surface area (Å²) in [5.74, 6) is -1.87. The summed E-state index contributed by atoms with van der Waals surface area (Å²) < 4.78 is 23.5. The molecule has 0 heterocycles. The van der Waals surface area contributed by atoms with Crippen LogP contribution in [0.2, 0.25) is 0 Å². The molecule has 6 heteroatoms. The van der Waals surface area contributed by atoms with Crippen molar-refractivity contribution in [3.05, 3.63) is 77.6 Å². The molecule has 0 spiro atoms. The van der Waals surface area contributed by atoms with Crippen LogP contribution in [0.1, 0.15) is 28.9 Å². The van der Waals surface area contributed by atoms with Crippen LogP contribution in [0.4, 0.5) is 4.39 Å². The molecule has 0 aliphatic heterocycles. The molecule has 144 valence electrons. The van der Waals surface area contributed by atoms with Crippen LogP contribution in [0.15, 0.2) is 60.7 Å². The second-order valence-electron chi connectivity index (χ2n) is 6.28. The van der Waals surface area contributed by atoms with E-state index in [1.807, 2.05) is 49.4 Å². The molecule has 0 saturated heterocycles. The number of hydrogen-bond donors (Lipinski definition) is 1. The minimum atomic E-state index is -0.783. The molecule has 1 amide bonds. The number of hydrogen-bond acceptors (Lipinski definition) is 4. The normalized spacial score (nSPS) is 11.7. The summed E-state index contributed by atoms with van der Waals surface area (Å²) >= 11 is 0. The first-order valence-corrected chi connectivity index (χ1v) is 8.77. The van der Waals surface area contributed by atoms with E-state index in [0.29, 0.717) is 0 Å². The molecule has 1 N–H and O–H groups in total. The van der Waals surface area contributed by atoms with Crippen LogP contribution in [0.5, 0.6) is 5.75 Å². The van der Waals surface area contributed by atoms with Gasteiger partial charge in [-0.15, -0.1) is 0 Å². The highest BCUT2D eigenvalue weighted by Gasteiger charge is 2.16. The zero-order valence-corrected chi connectivity index (χ0v) is 15.6.